The van der Waals surface area contributed by atoms with E-state index in [1.54, 1.807) is 11.0 Å². The van der Waals surface area contributed by atoms with E-state index in [9.17, 15) is 9.59 Å². The van der Waals surface area contributed by atoms with Gasteiger partial charge in [0.15, 0.2) is 0 Å². The minimum Gasteiger partial charge on any atom is -0.368 e. The number of rotatable bonds is 5. The average molecular weight is 441 g/mol. The van der Waals surface area contributed by atoms with Crippen LogP contribution in [0.25, 0.3) is 0 Å². The number of nitrogens with zero attached hydrogens (tertiary/aromatic N) is 3. The Morgan fingerprint density at radius 1 is 1.10 bits per heavy atom. The molecule has 0 bridgehead atoms. The summed E-state index contributed by atoms with van der Waals surface area (Å²) >= 11 is 6.53. The van der Waals surface area contributed by atoms with Crippen molar-refractivity contribution in [1.82, 2.24) is 9.80 Å². The maximum atomic E-state index is 12.8. The van der Waals surface area contributed by atoms with Crippen LogP contribution in [0.15, 0.2) is 48.5 Å². The van der Waals surface area contributed by atoms with Gasteiger partial charge in [-0.2, -0.15) is 0 Å². The maximum Gasteiger partial charge on any atom is 0.229 e. The van der Waals surface area contributed by atoms with Gasteiger partial charge >= 0.3 is 0 Å². The Balaban J connectivity index is 1.38. The summed E-state index contributed by atoms with van der Waals surface area (Å²) in [6.45, 7) is 6.30. The lowest BCUT2D eigenvalue weighted by Crippen LogP contribution is -2.44. The van der Waals surface area contributed by atoms with Crippen LogP contribution in [0.5, 0.6) is 0 Å². The molecule has 0 radical (unpaired) electrons. The minimum atomic E-state index is -0.366. The van der Waals surface area contributed by atoms with Gasteiger partial charge in [0.1, 0.15) is 0 Å². The van der Waals surface area contributed by atoms with Gasteiger partial charge in [-0.05, 0) is 37.7 Å². The van der Waals surface area contributed by atoms with Crippen LogP contribution in [0.3, 0.4) is 0 Å². The number of piperazine rings is 1. The third kappa shape index (κ3) is 4.86. The topological polar surface area (TPSA) is 55.9 Å². The van der Waals surface area contributed by atoms with Crippen LogP contribution in [0, 0.1) is 5.92 Å². The number of hydrogen-bond donors (Lipinski definition) is 1. The van der Waals surface area contributed by atoms with Crippen molar-refractivity contribution in [2.45, 2.75) is 19.4 Å². The van der Waals surface area contributed by atoms with Gasteiger partial charge < -0.3 is 20.0 Å². The average Bonchev–Trinajstić information content (AvgIpc) is 3.16. The lowest BCUT2D eigenvalue weighted by molar-refractivity contribution is -0.129. The van der Waals surface area contributed by atoms with Crippen LogP contribution in [-0.2, 0) is 9.59 Å². The largest absolute Gasteiger partial charge is 0.368 e. The van der Waals surface area contributed by atoms with Gasteiger partial charge in [-0.3, -0.25) is 9.59 Å². The predicted molar refractivity (Wildman–Crippen MR) is 124 cm³/mol. The quantitative estimate of drug-likeness (QED) is 0.771. The van der Waals surface area contributed by atoms with Gasteiger partial charge in [0.05, 0.1) is 22.7 Å². The lowest BCUT2D eigenvalue weighted by atomic mass is 10.1. The number of likely N-dealkylation sites (tertiary alicyclic amines) is 1. The number of halogens is 1. The Kier molecular flexibility index (Phi) is 6.49. The molecule has 2 saturated heterocycles. The molecule has 1 N–H and O–H groups in total. The van der Waals surface area contributed by atoms with Crippen molar-refractivity contribution >= 4 is 34.8 Å². The molecule has 4 rings (SSSR count). The van der Waals surface area contributed by atoms with Crippen LogP contribution in [0.2, 0.25) is 5.02 Å². The number of benzene rings is 2. The summed E-state index contributed by atoms with van der Waals surface area (Å²) in [6, 6.07) is 15.5. The molecular formula is C24H29ClN4O2. The molecule has 2 heterocycles. The highest BCUT2D eigenvalue weighted by Gasteiger charge is 2.37. The van der Waals surface area contributed by atoms with E-state index < -0.39 is 0 Å². The van der Waals surface area contributed by atoms with Crippen molar-refractivity contribution in [3.8, 4) is 0 Å². The third-order valence-electron chi connectivity index (χ3n) is 6.34. The van der Waals surface area contributed by atoms with E-state index >= 15 is 0 Å². The molecule has 2 aliphatic heterocycles. The van der Waals surface area contributed by atoms with Gasteiger partial charge in [0.2, 0.25) is 11.8 Å². The van der Waals surface area contributed by atoms with Crippen molar-refractivity contribution in [1.29, 1.82) is 0 Å². The zero-order valence-corrected chi connectivity index (χ0v) is 18.8. The van der Waals surface area contributed by atoms with E-state index in [1.807, 2.05) is 49.4 Å². The van der Waals surface area contributed by atoms with Crippen molar-refractivity contribution < 1.29 is 9.59 Å². The van der Waals surface area contributed by atoms with Crippen LogP contribution in [-0.4, -0.2) is 61.4 Å². The molecule has 0 spiro atoms. The monoisotopic (exact) mass is 440 g/mol. The smallest absolute Gasteiger partial charge is 0.229 e. The van der Waals surface area contributed by atoms with Crippen LogP contribution < -0.4 is 10.2 Å². The number of carbonyl (C=O) groups excluding carboxylic acids is 2. The highest BCUT2D eigenvalue weighted by atomic mass is 35.5. The zero-order chi connectivity index (χ0) is 22.0. The standard InChI is InChI=1S/C24H29ClN4O2/c1-17(18-6-4-3-5-7-18)29-16-19(14-23(29)30)24(31)26-20-8-9-22(21(25)15-20)28-12-10-27(2)11-13-28/h3-9,15,17,19H,10-14,16H2,1-2H3,(H,26,31). The van der Waals surface area contributed by atoms with E-state index in [0.29, 0.717) is 17.3 Å². The van der Waals surface area contributed by atoms with Gasteiger partial charge in [-0.25, -0.2) is 0 Å². The summed E-state index contributed by atoms with van der Waals surface area (Å²) in [6.07, 6.45) is 0.232. The summed E-state index contributed by atoms with van der Waals surface area (Å²) in [5.41, 5.74) is 2.73. The molecule has 0 aromatic heterocycles. The van der Waals surface area contributed by atoms with E-state index in [4.69, 9.17) is 11.6 Å². The third-order valence-corrected chi connectivity index (χ3v) is 6.64. The summed E-state index contributed by atoms with van der Waals surface area (Å²) < 4.78 is 0. The van der Waals surface area contributed by atoms with Crippen LogP contribution >= 0.6 is 11.6 Å². The van der Waals surface area contributed by atoms with E-state index in [0.717, 1.165) is 37.4 Å². The number of nitrogens with one attached hydrogen (secondary N) is 1. The SMILES string of the molecule is CC(c1ccccc1)N1CC(C(=O)Nc2ccc(N3CCN(C)CC3)c(Cl)c2)CC1=O. The second-order valence-corrected chi connectivity index (χ2v) is 8.89. The molecular weight excluding hydrogens is 412 g/mol. The fourth-order valence-corrected chi connectivity index (χ4v) is 4.63. The fraction of sp³-hybridized carbons (Fsp3) is 0.417. The Morgan fingerprint density at radius 3 is 2.48 bits per heavy atom. The fourth-order valence-electron chi connectivity index (χ4n) is 4.33. The second-order valence-electron chi connectivity index (χ2n) is 8.48. The van der Waals surface area contributed by atoms with Gasteiger partial charge in [-0.15, -0.1) is 0 Å². The molecule has 2 fully saturated rings. The highest BCUT2D eigenvalue weighted by Crippen LogP contribution is 2.32. The molecule has 2 unspecified atom stereocenters. The Bertz CT molecular complexity index is 944. The van der Waals surface area contributed by atoms with Crippen molar-refractivity contribution in [2.75, 3.05) is 50.0 Å². The first-order valence-electron chi connectivity index (χ1n) is 10.8. The number of carbonyl (C=O) groups is 2. The molecule has 0 aliphatic carbocycles. The summed E-state index contributed by atoms with van der Waals surface area (Å²) in [4.78, 5) is 31.8. The minimum absolute atomic E-state index is 0.0138. The number of anilines is 2. The molecule has 6 nitrogen and oxygen atoms in total. The number of hydrogen-bond acceptors (Lipinski definition) is 4. The zero-order valence-electron chi connectivity index (χ0n) is 18.1. The van der Waals surface area contributed by atoms with E-state index in [2.05, 4.69) is 22.2 Å². The van der Waals surface area contributed by atoms with Gasteiger partial charge in [0.25, 0.3) is 0 Å². The number of amides is 2. The van der Waals surface area contributed by atoms with Crippen molar-refractivity contribution in [3.63, 3.8) is 0 Å². The molecule has 164 valence electrons. The highest BCUT2D eigenvalue weighted by molar-refractivity contribution is 6.33. The summed E-state index contributed by atoms with van der Waals surface area (Å²) in [5.74, 6) is -0.491. The molecule has 7 heteroatoms. The first-order valence-corrected chi connectivity index (χ1v) is 11.2. The molecule has 2 aromatic rings. The Morgan fingerprint density at radius 2 is 1.81 bits per heavy atom. The molecule has 31 heavy (non-hydrogen) atoms. The van der Waals surface area contributed by atoms with E-state index in [1.165, 1.54) is 0 Å². The number of likely N-dealkylation sites (N-methyl/N-ethyl adjacent to an activating group) is 1. The Hall–Kier alpha value is -2.57. The van der Waals surface area contributed by atoms with Gasteiger partial charge in [0, 0.05) is 44.8 Å². The first-order chi connectivity index (χ1) is 14.9. The van der Waals surface area contributed by atoms with Crippen LogP contribution in [0.1, 0.15) is 24.9 Å². The lowest BCUT2D eigenvalue weighted by Gasteiger charge is -2.34. The second kappa shape index (κ2) is 9.28. The molecule has 2 amide bonds. The maximum absolute atomic E-state index is 12.8. The molecule has 2 aromatic carbocycles. The van der Waals surface area contributed by atoms with Crippen molar-refractivity contribution in [2.24, 2.45) is 5.92 Å². The molecule has 0 saturated carbocycles. The van der Waals surface area contributed by atoms with Crippen molar-refractivity contribution in [3.05, 3.63) is 59.1 Å². The normalized spacial score (nSPS) is 20.7. The molecule has 2 aliphatic rings. The predicted octanol–water partition coefficient (Wildman–Crippen LogP) is 3.64. The summed E-state index contributed by atoms with van der Waals surface area (Å²) in [7, 11) is 2.12. The van der Waals surface area contributed by atoms with Gasteiger partial charge in [-0.1, -0.05) is 41.9 Å². The Labute approximate surface area is 188 Å². The first kappa shape index (κ1) is 21.7. The van der Waals surface area contributed by atoms with Crippen LogP contribution in [0.4, 0.5) is 11.4 Å². The van der Waals surface area contributed by atoms with E-state index in [-0.39, 0.29) is 30.2 Å². The molecule has 2 atom stereocenters. The summed E-state index contributed by atoms with van der Waals surface area (Å²) in [5, 5.41) is 3.58.